The zero-order valence-corrected chi connectivity index (χ0v) is 12.3. The number of aromatic nitrogens is 4. The molecular weight excluding hydrogens is 288 g/mol. The summed E-state index contributed by atoms with van der Waals surface area (Å²) in [6.45, 7) is 3.88. The van der Waals surface area contributed by atoms with Gasteiger partial charge in [0.15, 0.2) is 5.75 Å². The van der Waals surface area contributed by atoms with Crippen LogP contribution in [0.15, 0.2) is 36.7 Å². The molecule has 0 amide bonds. The first-order chi connectivity index (χ1) is 10.1. The van der Waals surface area contributed by atoms with E-state index in [1.54, 1.807) is 24.5 Å². The lowest BCUT2D eigenvalue weighted by atomic mass is 10.1. The summed E-state index contributed by atoms with van der Waals surface area (Å²) in [6, 6.07) is 7.20. The fourth-order valence-electron chi connectivity index (χ4n) is 1.98. The molecule has 0 radical (unpaired) electrons. The Labute approximate surface area is 127 Å². The summed E-state index contributed by atoms with van der Waals surface area (Å²) in [4.78, 5) is 8.50. The topological polar surface area (TPSA) is 63.7 Å². The lowest BCUT2D eigenvalue weighted by Gasteiger charge is -2.11. The smallest absolute Gasteiger partial charge is 0.153 e. The van der Waals surface area contributed by atoms with E-state index >= 15 is 0 Å². The molecule has 3 aromatic rings. The lowest BCUT2D eigenvalue weighted by molar-refractivity contribution is 0.481. The molecule has 0 aliphatic carbocycles. The van der Waals surface area contributed by atoms with E-state index in [2.05, 4.69) is 20.2 Å². The molecule has 0 saturated heterocycles. The number of aryl methyl sites for hydroxylation is 2. The van der Waals surface area contributed by atoms with Crippen molar-refractivity contribution in [3.05, 3.63) is 53.2 Å². The van der Waals surface area contributed by atoms with Gasteiger partial charge in [-0.1, -0.05) is 11.6 Å². The van der Waals surface area contributed by atoms with Crippen molar-refractivity contribution >= 4 is 11.6 Å². The quantitative estimate of drug-likeness (QED) is 0.744. The minimum absolute atomic E-state index is 0.383. The van der Waals surface area contributed by atoms with Gasteiger partial charge in [-0.25, -0.2) is 9.97 Å². The number of H-pyrrole nitrogens is 1. The number of hydrogen-bond acceptors (Lipinski definition) is 4. The Bertz CT molecular complexity index is 785. The van der Waals surface area contributed by atoms with Crippen molar-refractivity contribution in [2.24, 2.45) is 0 Å². The predicted octanol–water partition coefficient (Wildman–Crippen LogP) is 3.93. The molecule has 0 unspecified atom stereocenters. The summed E-state index contributed by atoms with van der Waals surface area (Å²) in [7, 11) is 0. The van der Waals surface area contributed by atoms with Crippen molar-refractivity contribution in [2.45, 2.75) is 13.8 Å². The summed E-state index contributed by atoms with van der Waals surface area (Å²) in [5.41, 5.74) is 3.50. The normalized spacial score (nSPS) is 10.6. The Balaban J connectivity index is 2.05. The van der Waals surface area contributed by atoms with E-state index in [4.69, 9.17) is 16.3 Å². The van der Waals surface area contributed by atoms with Gasteiger partial charge < -0.3 is 4.74 Å². The fraction of sp³-hybridized carbons (Fsp3) is 0.133. The van der Waals surface area contributed by atoms with Gasteiger partial charge in [0, 0.05) is 29.2 Å². The molecule has 5 nitrogen and oxygen atoms in total. The van der Waals surface area contributed by atoms with Crippen LogP contribution in [0.25, 0.3) is 11.3 Å². The van der Waals surface area contributed by atoms with Gasteiger partial charge in [-0.15, -0.1) is 0 Å². The third-order valence-electron chi connectivity index (χ3n) is 3.01. The monoisotopic (exact) mass is 300 g/mol. The first-order valence-electron chi connectivity index (χ1n) is 6.41. The van der Waals surface area contributed by atoms with Crippen LogP contribution in [0.4, 0.5) is 0 Å². The summed E-state index contributed by atoms with van der Waals surface area (Å²) < 4.78 is 5.90. The van der Waals surface area contributed by atoms with Gasteiger partial charge in [0.25, 0.3) is 0 Å². The van der Waals surface area contributed by atoms with E-state index in [1.165, 1.54) is 0 Å². The molecular formula is C15H13ClN4O. The lowest BCUT2D eigenvalue weighted by Crippen LogP contribution is -1.94. The first kappa shape index (κ1) is 13.6. The highest BCUT2D eigenvalue weighted by Gasteiger charge is 2.13. The molecule has 0 aromatic carbocycles. The average Bonchev–Trinajstić information content (AvgIpc) is 2.87. The third kappa shape index (κ3) is 2.87. The van der Waals surface area contributed by atoms with Gasteiger partial charge in [0.05, 0.1) is 6.20 Å². The second-order valence-electron chi connectivity index (χ2n) is 4.62. The van der Waals surface area contributed by atoms with Crippen molar-refractivity contribution in [3.63, 3.8) is 0 Å². The number of aromatic amines is 1. The van der Waals surface area contributed by atoms with Crippen LogP contribution >= 0.6 is 11.6 Å². The maximum absolute atomic E-state index is 5.90. The zero-order valence-electron chi connectivity index (χ0n) is 11.6. The number of nitrogens with zero attached hydrogens (tertiary/aromatic N) is 3. The molecule has 106 valence electrons. The number of ether oxygens (including phenoxy) is 1. The zero-order chi connectivity index (χ0) is 14.8. The molecule has 21 heavy (non-hydrogen) atoms. The van der Waals surface area contributed by atoms with Crippen LogP contribution in [-0.4, -0.2) is 20.2 Å². The summed E-state index contributed by atoms with van der Waals surface area (Å²) in [6.07, 6.45) is 3.34. The van der Waals surface area contributed by atoms with E-state index in [1.807, 2.05) is 26.0 Å². The van der Waals surface area contributed by atoms with Crippen molar-refractivity contribution in [2.75, 3.05) is 0 Å². The molecule has 3 rings (SSSR count). The van der Waals surface area contributed by atoms with E-state index in [0.717, 1.165) is 22.6 Å². The highest BCUT2D eigenvalue weighted by Crippen LogP contribution is 2.33. The Morgan fingerprint density at radius 2 is 2.05 bits per heavy atom. The number of rotatable bonds is 3. The van der Waals surface area contributed by atoms with E-state index in [-0.39, 0.29) is 0 Å². The van der Waals surface area contributed by atoms with Crippen LogP contribution in [0.1, 0.15) is 11.4 Å². The average molecular weight is 301 g/mol. The summed E-state index contributed by atoms with van der Waals surface area (Å²) >= 11 is 5.88. The number of halogens is 1. The highest BCUT2D eigenvalue weighted by atomic mass is 35.5. The molecule has 0 fully saturated rings. The van der Waals surface area contributed by atoms with E-state index in [9.17, 15) is 0 Å². The van der Waals surface area contributed by atoms with Crippen LogP contribution in [-0.2, 0) is 0 Å². The standard InChI is InChI=1S/C15H13ClN4O/c1-9-3-4-13(21-11-5-6-17-14(16)7-11)15(19-9)12-8-18-20-10(12)2/h3-8H,1-2H3,(H,18,20). The first-order valence-corrected chi connectivity index (χ1v) is 6.78. The Hall–Kier alpha value is -2.40. The predicted molar refractivity (Wildman–Crippen MR) is 80.6 cm³/mol. The molecule has 0 aliphatic rings. The SMILES string of the molecule is Cc1ccc(Oc2ccnc(Cl)c2)c(-c2cn[nH]c2C)n1. The molecule has 6 heteroatoms. The Kier molecular flexibility index (Phi) is 3.58. The molecule has 0 aliphatic heterocycles. The molecule has 1 N–H and O–H groups in total. The van der Waals surface area contributed by atoms with Gasteiger partial charge in [-0.3, -0.25) is 5.10 Å². The molecule has 3 aromatic heterocycles. The van der Waals surface area contributed by atoms with Crippen molar-refractivity contribution < 1.29 is 4.74 Å². The molecule has 0 spiro atoms. The molecule has 0 bridgehead atoms. The largest absolute Gasteiger partial charge is 0.455 e. The van der Waals surface area contributed by atoms with Gasteiger partial charge in [0.2, 0.25) is 0 Å². The van der Waals surface area contributed by atoms with Crippen LogP contribution < -0.4 is 4.74 Å². The minimum Gasteiger partial charge on any atom is -0.455 e. The van der Waals surface area contributed by atoms with Gasteiger partial charge in [0.1, 0.15) is 16.6 Å². The second kappa shape index (κ2) is 5.54. The maximum Gasteiger partial charge on any atom is 0.153 e. The van der Waals surface area contributed by atoms with Crippen LogP contribution in [0.3, 0.4) is 0 Å². The number of nitrogens with one attached hydrogen (secondary N) is 1. The van der Waals surface area contributed by atoms with Crippen LogP contribution in [0.5, 0.6) is 11.5 Å². The van der Waals surface area contributed by atoms with Gasteiger partial charge in [-0.2, -0.15) is 5.10 Å². The van der Waals surface area contributed by atoms with Crippen LogP contribution in [0, 0.1) is 13.8 Å². The summed E-state index contributed by atoms with van der Waals surface area (Å²) in [5.74, 6) is 1.26. The second-order valence-corrected chi connectivity index (χ2v) is 5.01. The molecule has 0 atom stereocenters. The Morgan fingerprint density at radius 1 is 1.19 bits per heavy atom. The van der Waals surface area contributed by atoms with Gasteiger partial charge in [-0.05, 0) is 32.0 Å². The number of pyridine rings is 2. The highest BCUT2D eigenvalue weighted by molar-refractivity contribution is 6.29. The van der Waals surface area contributed by atoms with Gasteiger partial charge >= 0.3 is 0 Å². The minimum atomic E-state index is 0.383. The number of hydrogen-bond donors (Lipinski definition) is 1. The summed E-state index contributed by atoms with van der Waals surface area (Å²) in [5, 5.41) is 7.33. The van der Waals surface area contributed by atoms with E-state index < -0.39 is 0 Å². The van der Waals surface area contributed by atoms with Crippen LogP contribution in [0.2, 0.25) is 5.15 Å². The third-order valence-corrected chi connectivity index (χ3v) is 3.22. The van der Waals surface area contributed by atoms with Crippen molar-refractivity contribution in [1.29, 1.82) is 0 Å². The maximum atomic E-state index is 5.90. The van der Waals surface area contributed by atoms with Crippen molar-refractivity contribution in [3.8, 4) is 22.8 Å². The Morgan fingerprint density at radius 3 is 2.76 bits per heavy atom. The molecule has 3 heterocycles. The van der Waals surface area contributed by atoms with Crippen molar-refractivity contribution in [1.82, 2.24) is 20.2 Å². The fourth-order valence-corrected chi connectivity index (χ4v) is 2.15. The van der Waals surface area contributed by atoms with E-state index in [0.29, 0.717) is 16.7 Å². The molecule has 0 saturated carbocycles.